The lowest BCUT2D eigenvalue weighted by Gasteiger charge is -2.20. The van der Waals surface area contributed by atoms with Gasteiger partial charge in [0.05, 0.1) is 0 Å². The number of nitrogens with one attached hydrogen (secondary N) is 2. The van der Waals surface area contributed by atoms with E-state index in [9.17, 15) is 23.2 Å². The molecule has 0 aliphatic carbocycles. The molecule has 0 aliphatic heterocycles. The Hall–Kier alpha value is -2.51. The van der Waals surface area contributed by atoms with Crippen molar-refractivity contribution in [1.82, 2.24) is 10.6 Å². The van der Waals surface area contributed by atoms with Crippen molar-refractivity contribution in [3.05, 3.63) is 35.4 Å². The molecule has 0 saturated carbocycles. The van der Waals surface area contributed by atoms with Gasteiger partial charge in [0, 0.05) is 5.54 Å². The molecule has 6 nitrogen and oxygen atoms in total. The molecular weight excluding hydrogens is 298 g/mol. The minimum atomic E-state index is -1.33. The minimum Gasteiger partial charge on any atom is -0.452 e. The fraction of sp³-hybridized carbons (Fsp3) is 0.357. The first kappa shape index (κ1) is 17.5. The normalized spacial score (nSPS) is 10.8. The van der Waals surface area contributed by atoms with Crippen molar-refractivity contribution in [1.29, 1.82) is 0 Å². The van der Waals surface area contributed by atoms with Gasteiger partial charge >= 0.3 is 12.0 Å². The standard InChI is InChI=1S/C14H16F2N2O4/c1-14(2,3)18-13(21)17-10(19)7-22-12(20)11-8(15)5-4-6-9(11)16/h4-6H,7H2,1-3H3,(H2,17,18,19,21). The summed E-state index contributed by atoms with van der Waals surface area (Å²) in [7, 11) is 0. The number of carbonyl (C=O) groups is 3. The van der Waals surface area contributed by atoms with Crippen molar-refractivity contribution in [2.45, 2.75) is 26.3 Å². The van der Waals surface area contributed by atoms with Crippen LogP contribution in [0.1, 0.15) is 31.1 Å². The molecule has 120 valence electrons. The molecule has 2 N–H and O–H groups in total. The second-order valence-electron chi connectivity index (χ2n) is 5.43. The lowest BCUT2D eigenvalue weighted by Crippen LogP contribution is -2.49. The Balaban J connectivity index is 2.54. The highest BCUT2D eigenvalue weighted by Gasteiger charge is 2.20. The zero-order chi connectivity index (χ0) is 16.9. The molecule has 3 amide bonds. The molecule has 0 aliphatic rings. The van der Waals surface area contributed by atoms with Crippen LogP contribution in [0.25, 0.3) is 0 Å². The zero-order valence-electron chi connectivity index (χ0n) is 12.3. The molecule has 0 radical (unpaired) electrons. The largest absolute Gasteiger partial charge is 0.452 e. The molecular formula is C14H16F2N2O4. The Bertz CT molecular complexity index is 577. The predicted octanol–water partition coefficient (Wildman–Crippen LogP) is 1.75. The molecule has 22 heavy (non-hydrogen) atoms. The van der Waals surface area contributed by atoms with Crippen molar-refractivity contribution < 1.29 is 27.9 Å². The molecule has 0 fully saturated rings. The van der Waals surface area contributed by atoms with E-state index in [-0.39, 0.29) is 0 Å². The average molecular weight is 314 g/mol. The van der Waals surface area contributed by atoms with Crippen molar-refractivity contribution in [3.8, 4) is 0 Å². The number of hydrogen-bond acceptors (Lipinski definition) is 4. The third-order valence-corrected chi connectivity index (χ3v) is 2.24. The predicted molar refractivity (Wildman–Crippen MR) is 73.1 cm³/mol. The molecule has 0 unspecified atom stereocenters. The second kappa shape index (κ2) is 6.97. The maximum absolute atomic E-state index is 13.3. The fourth-order valence-corrected chi connectivity index (χ4v) is 1.43. The van der Waals surface area contributed by atoms with Crippen LogP contribution in [0.15, 0.2) is 18.2 Å². The summed E-state index contributed by atoms with van der Waals surface area (Å²) in [6.07, 6.45) is 0. The van der Waals surface area contributed by atoms with Gasteiger partial charge in [-0.05, 0) is 32.9 Å². The van der Waals surface area contributed by atoms with Gasteiger partial charge < -0.3 is 10.1 Å². The Labute approximate surface area is 125 Å². The number of ether oxygens (including phenoxy) is 1. The highest BCUT2D eigenvalue weighted by molar-refractivity contribution is 5.97. The van der Waals surface area contributed by atoms with Crippen LogP contribution in [0.3, 0.4) is 0 Å². The summed E-state index contributed by atoms with van der Waals surface area (Å²) in [5.41, 5.74) is -1.45. The van der Waals surface area contributed by atoms with E-state index < -0.39 is 47.3 Å². The quantitative estimate of drug-likeness (QED) is 0.832. The molecule has 0 bridgehead atoms. The summed E-state index contributed by atoms with van der Waals surface area (Å²) < 4.78 is 31.1. The third kappa shape index (κ3) is 5.47. The zero-order valence-corrected chi connectivity index (χ0v) is 12.3. The van der Waals surface area contributed by atoms with E-state index in [1.807, 2.05) is 5.32 Å². The van der Waals surface area contributed by atoms with Crippen LogP contribution in [-0.4, -0.2) is 30.1 Å². The first-order chi connectivity index (χ1) is 10.1. The fourth-order valence-electron chi connectivity index (χ4n) is 1.43. The van der Waals surface area contributed by atoms with E-state index in [1.54, 1.807) is 20.8 Å². The van der Waals surface area contributed by atoms with Gasteiger partial charge in [-0.3, -0.25) is 10.1 Å². The molecule has 0 spiro atoms. The Kier molecular flexibility index (Phi) is 5.56. The third-order valence-electron chi connectivity index (χ3n) is 2.24. The van der Waals surface area contributed by atoms with Crippen LogP contribution in [0, 0.1) is 11.6 Å². The van der Waals surface area contributed by atoms with E-state index in [0.29, 0.717) is 0 Å². The highest BCUT2D eigenvalue weighted by Crippen LogP contribution is 2.13. The molecule has 8 heteroatoms. The number of urea groups is 1. The van der Waals surface area contributed by atoms with Crippen molar-refractivity contribution in [2.75, 3.05) is 6.61 Å². The SMILES string of the molecule is CC(C)(C)NC(=O)NC(=O)COC(=O)c1c(F)cccc1F. The second-order valence-corrected chi connectivity index (χ2v) is 5.43. The number of halogens is 2. The molecule has 0 atom stereocenters. The van der Waals surface area contributed by atoms with Crippen molar-refractivity contribution in [2.24, 2.45) is 0 Å². The van der Waals surface area contributed by atoms with Gasteiger partial charge in [-0.2, -0.15) is 0 Å². The number of benzene rings is 1. The molecule has 1 aromatic carbocycles. The summed E-state index contributed by atoms with van der Waals surface area (Å²) in [5, 5.41) is 4.38. The summed E-state index contributed by atoms with van der Waals surface area (Å²) in [5.74, 6) is -4.46. The first-order valence-corrected chi connectivity index (χ1v) is 6.33. The smallest absolute Gasteiger partial charge is 0.344 e. The van der Waals surface area contributed by atoms with Crippen LogP contribution in [0.2, 0.25) is 0 Å². The average Bonchev–Trinajstić information content (AvgIpc) is 2.33. The first-order valence-electron chi connectivity index (χ1n) is 6.33. The molecule has 0 aromatic heterocycles. The van der Waals surface area contributed by atoms with Crippen LogP contribution in [-0.2, 0) is 9.53 Å². The van der Waals surface area contributed by atoms with Crippen LogP contribution < -0.4 is 10.6 Å². The summed E-state index contributed by atoms with van der Waals surface area (Å²) in [4.78, 5) is 34.3. The van der Waals surface area contributed by atoms with E-state index in [1.165, 1.54) is 0 Å². The number of hydrogen-bond donors (Lipinski definition) is 2. The number of carbonyl (C=O) groups excluding carboxylic acids is 3. The molecule has 0 saturated heterocycles. The molecule has 1 aromatic rings. The summed E-state index contributed by atoms with van der Waals surface area (Å²) >= 11 is 0. The lowest BCUT2D eigenvalue weighted by atomic mass is 10.1. The van der Waals surface area contributed by atoms with Crippen LogP contribution in [0.5, 0.6) is 0 Å². The maximum atomic E-state index is 13.3. The number of imide groups is 1. The maximum Gasteiger partial charge on any atom is 0.344 e. The van der Waals surface area contributed by atoms with Gasteiger partial charge in [0.15, 0.2) is 6.61 Å². The lowest BCUT2D eigenvalue weighted by molar-refractivity contribution is -0.123. The number of amides is 3. The monoisotopic (exact) mass is 314 g/mol. The van der Waals surface area contributed by atoms with Gasteiger partial charge in [-0.25, -0.2) is 18.4 Å². The number of esters is 1. The van der Waals surface area contributed by atoms with E-state index >= 15 is 0 Å². The van der Waals surface area contributed by atoms with Gasteiger partial charge in [0.25, 0.3) is 5.91 Å². The Morgan fingerprint density at radius 3 is 2.18 bits per heavy atom. The van der Waals surface area contributed by atoms with Gasteiger partial charge in [0.2, 0.25) is 0 Å². The van der Waals surface area contributed by atoms with Gasteiger partial charge in [0.1, 0.15) is 17.2 Å². The van der Waals surface area contributed by atoms with E-state index in [2.05, 4.69) is 10.1 Å². The van der Waals surface area contributed by atoms with Crippen molar-refractivity contribution >= 4 is 17.9 Å². The number of rotatable bonds is 3. The van der Waals surface area contributed by atoms with E-state index in [4.69, 9.17) is 0 Å². The van der Waals surface area contributed by atoms with Gasteiger partial charge in [-0.1, -0.05) is 6.07 Å². The molecule has 1 rings (SSSR count). The molecule has 0 heterocycles. The highest BCUT2D eigenvalue weighted by atomic mass is 19.1. The van der Waals surface area contributed by atoms with E-state index in [0.717, 1.165) is 18.2 Å². The van der Waals surface area contributed by atoms with Crippen LogP contribution in [0.4, 0.5) is 13.6 Å². The Morgan fingerprint density at radius 1 is 1.14 bits per heavy atom. The van der Waals surface area contributed by atoms with Crippen molar-refractivity contribution in [3.63, 3.8) is 0 Å². The topological polar surface area (TPSA) is 84.5 Å². The summed E-state index contributed by atoms with van der Waals surface area (Å²) in [6.45, 7) is 4.28. The summed E-state index contributed by atoms with van der Waals surface area (Å²) in [6, 6.07) is 2.09. The minimum absolute atomic E-state index is 0.558. The van der Waals surface area contributed by atoms with Crippen LogP contribution >= 0.6 is 0 Å². The van der Waals surface area contributed by atoms with Gasteiger partial charge in [-0.15, -0.1) is 0 Å². The Morgan fingerprint density at radius 2 is 1.68 bits per heavy atom.